The van der Waals surface area contributed by atoms with Gasteiger partial charge in [0.25, 0.3) is 0 Å². The molecule has 0 amide bonds. The minimum absolute atomic E-state index is 0. The Balaban J connectivity index is 0.000000781. The molecule has 0 N–H and O–H groups in total. The van der Waals surface area contributed by atoms with Crippen LogP contribution in [0.15, 0.2) is 60.7 Å². The van der Waals surface area contributed by atoms with E-state index in [0.29, 0.717) is 0 Å². The monoisotopic (exact) mass is 416 g/mol. The van der Waals surface area contributed by atoms with E-state index in [1.54, 1.807) is 11.1 Å². The quantitative estimate of drug-likeness (QED) is 0.605. The number of rotatable bonds is 2. The molecule has 23 heavy (non-hydrogen) atoms. The van der Waals surface area contributed by atoms with Crippen LogP contribution in [-0.2, 0) is 23.2 Å². The van der Waals surface area contributed by atoms with Crippen LogP contribution in [0.1, 0.15) is 34.1 Å². The van der Waals surface area contributed by atoms with E-state index in [4.69, 9.17) is 0 Å². The molecule has 0 radical (unpaired) electrons. The molecule has 0 nitrogen and oxygen atoms in total. The molecule has 2 aromatic rings. The molecule has 114 valence electrons. The molecular weight excluding hydrogens is 402 g/mol. The van der Waals surface area contributed by atoms with Crippen LogP contribution < -0.4 is 24.8 Å². The van der Waals surface area contributed by atoms with E-state index in [1.165, 1.54) is 11.1 Å². The van der Waals surface area contributed by atoms with Crippen molar-refractivity contribution >= 4 is 12.2 Å². The van der Waals surface area contributed by atoms with Gasteiger partial charge in [0.05, 0.1) is 0 Å². The van der Waals surface area contributed by atoms with Crippen molar-refractivity contribution in [2.45, 2.75) is 19.1 Å². The number of benzene rings is 2. The fourth-order valence-corrected chi connectivity index (χ4v) is 8.29. The first-order valence-corrected chi connectivity index (χ1v) is 10.6. The summed E-state index contributed by atoms with van der Waals surface area (Å²) in [7, 11) is 0. The summed E-state index contributed by atoms with van der Waals surface area (Å²) >= 11 is -0.240. The summed E-state index contributed by atoms with van der Waals surface area (Å²) in [5.74, 6) is 1.44. The van der Waals surface area contributed by atoms with Crippen LogP contribution in [0.25, 0.3) is 12.2 Å². The zero-order chi connectivity index (χ0) is 13.8. The van der Waals surface area contributed by atoms with E-state index < -0.39 is 0 Å². The third-order valence-corrected chi connectivity index (χ3v) is 9.59. The molecule has 0 bridgehead atoms. The maximum Gasteiger partial charge on any atom is -1.00 e. The second kappa shape index (κ2) is 6.71. The molecule has 0 saturated carbocycles. The number of hydrogen-bond acceptors (Lipinski definition) is 0. The van der Waals surface area contributed by atoms with Crippen LogP contribution in [0.2, 0.25) is 7.25 Å². The van der Waals surface area contributed by atoms with Crippen LogP contribution in [0.3, 0.4) is 0 Å². The molecule has 0 spiro atoms. The molecule has 5 rings (SSSR count). The number of hydrogen-bond donors (Lipinski definition) is 0. The normalized spacial score (nSPS) is 27.8. The third-order valence-electron chi connectivity index (χ3n) is 5.11. The van der Waals surface area contributed by atoms with Crippen LogP contribution in [0.4, 0.5) is 0 Å². The van der Waals surface area contributed by atoms with Gasteiger partial charge in [-0.1, -0.05) is 0 Å². The molecule has 2 aliphatic carbocycles. The first-order valence-electron chi connectivity index (χ1n) is 7.72. The van der Waals surface area contributed by atoms with E-state index in [1.807, 2.05) is 0 Å². The average Bonchev–Trinajstić information content (AvgIpc) is 3.02. The smallest absolute Gasteiger partial charge is 1.00 e. The largest absolute Gasteiger partial charge is 1.00 e. The second-order valence-electron chi connectivity index (χ2n) is 6.25. The van der Waals surface area contributed by atoms with E-state index in [9.17, 15) is 0 Å². The van der Waals surface area contributed by atoms with Gasteiger partial charge >= 0.3 is 137 Å². The summed E-state index contributed by atoms with van der Waals surface area (Å²) in [5, 5.41) is 0. The zero-order valence-corrected chi connectivity index (χ0v) is 16.5. The fraction of sp³-hybridized carbons (Fsp3) is 0.200. The Morgan fingerprint density at radius 3 is 1.52 bits per heavy atom. The molecule has 3 aliphatic rings. The van der Waals surface area contributed by atoms with Crippen molar-refractivity contribution in [3.8, 4) is 0 Å². The zero-order valence-electron chi connectivity index (χ0n) is 12.5. The minimum atomic E-state index is -0.240. The Bertz CT molecular complexity index is 715. The number of allylic oxidation sites excluding steroid dienone is 2. The van der Waals surface area contributed by atoms with Crippen LogP contribution in [0.5, 0.6) is 0 Å². The van der Waals surface area contributed by atoms with Crippen LogP contribution >= 0.6 is 0 Å². The molecule has 1 fully saturated rings. The van der Waals surface area contributed by atoms with Gasteiger partial charge in [-0.25, -0.2) is 0 Å². The summed E-state index contributed by atoms with van der Waals surface area (Å²) in [6.45, 7) is 0. The number of halogens is 2. The Morgan fingerprint density at radius 2 is 1.04 bits per heavy atom. The Hall–Kier alpha value is -0.617. The van der Waals surface area contributed by atoms with Crippen molar-refractivity contribution in [3.63, 3.8) is 0 Å². The minimum Gasteiger partial charge on any atom is -1.00 e. The first-order chi connectivity index (χ1) is 10.4. The van der Waals surface area contributed by atoms with E-state index >= 15 is 0 Å². The van der Waals surface area contributed by atoms with Gasteiger partial charge in [0, 0.05) is 0 Å². The summed E-state index contributed by atoms with van der Waals surface area (Å²) in [5.41, 5.74) is 6.08. The van der Waals surface area contributed by atoms with Crippen molar-refractivity contribution in [2.24, 2.45) is 0 Å². The SMILES string of the molecule is C1=CC([CH]2[Zr+2][CH]2C2C=Cc3ccccc32)c2ccccc21.[Cl-].[Cl-]. The van der Waals surface area contributed by atoms with E-state index in [-0.39, 0.29) is 48.0 Å². The molecule has 0 aromatic heterocycles. The van der Waals surface area contributed by atoms with Gasteiger partial charge in [-0.2, -0.15) is 0 Å². The van der Waals surface area contributed by atoms with Crippen LogP contribution in [0, 0.1) is 0 Å². The topological polar surface area (TPSA) is 0 Å². The summed E-state index contributed by atoms with van der Waals surface area (Å²) in [6, 6.07) is 17.9. The van der Waals surface area contributed by atoms with Gasteiger partial charge in [0.2, 0.25) is 0 Å². The summed E-state index contributed by atoms with van der Waals surface area (Å²) < 4.78 is 1.99. The van der Waals surface area contributed by atoms with E-state index in [0.717, 1.165) is 19.1 Å². The molecule has 3 heteroatoms. The average molecular weight is 418 g/mol. The standard InChI is InChI=1S/C20H16.2ClH.Zr/c1-3-7-19-15(5-1)9-11-17(19)13-14-18-12-10-16-6-2-4-8-20(16)18;;;/h1-14,17-18H;2*1H;/q;;;+2/p-2. The molecular formula is C20H16Cl2Zr. The Labute approximate surface area is 161 Å². The predicted octanol–water partition coefficient (Wildman–Crippen LogP) is -0.711. The molecule has 1 heterocycles. The van der Waals surface area contributed by atoms with Crippen LogP contribution in [-0.4, -0.2) is 0 Å². The molecule has 1 aliphatic heterocycles. The predicted molar refractivity (Wildman–Crippen MR) is 83.9 cm³/mol. The summed E-state index contributed by atoms with van der Waals surface area (Å²) in [4.78, 5) is 0. The molecule has 2 aromatic carbocycles. The van der Waals surface area contributed by atoms with Gasteiger partial charge in [-0.3, -0.25) is 0 Å². The van der Waals surface area contributed by atoms with Gasteiger partial charge in [-0.05, 0) is 0 Å². The third kappa shape index (κ3) is 2.82. The van der Waals surface area contributed by atoms with Crippen molar-refractivity contribution in [3.05, 3.63) is 82.9 Å². The van der Waals surface area contributed by atoms with Gasteiger partial charge in [0.15, 0.2) is 0 Å². The van der Waals surface area contributed by atoms with Gasteiger partial charge in [-0.15, -0.1) is 0 Å². The second-order valence-corrected chi connectivity index (χ2v) is 10.3. The maximum atomic E-state index is 2.47. The summed E-state index contributed by atoms with van der Waals surface area (Å²) in [6.07, 6.45) is 9.63. The van der Waals surface area contributed by atoms with Gasteiger partial charge in [0.1, 0.15) is 0 Å². The Kier molecular flexibility index (Phi) is 5.02. The Morgan fingerprint density at radius 1 is 0.609 bits per heavy atom. The number of fused-ring (bicyclic) bond motifs is 2. The van der Waals surface area contributed by atoms with Gasteiger partial charge < -0.3 is 24.8 Å². The fourth-order valence-electron chi connectivity index (χ4n) is 4.00. The van der Waals surface area contributed by atoms with E-state index in [2.05, 4.69) is 72.8 Å². The first kappa shape index (κ1) is 17.2. The molecule has 4 atom stereocenters. The molecule has 1 saturated heterocycles. The van der Waals surface area contributed by atoms with Crippen molar-refractivity contribution < 1.29 is 48.0 Å². The van der Waals surface area contributed by atoms with Crippen molar-refractivity contribution in [1.29, 1.82) is 0 Å². The maximum absolute atomic E-state index is 2.47. The van der Waals surface area contributed by atoms with Crippen molar-refractivity contribution in [2.75, 3.05) is 0 Å². The van der Waals surface area contributed by atoms with Crippen molar-refractivity contribution in [1.82, 2.24) is 0 Å². The molecule has 4 unspecified atom stereocenters.